The van der Waals surface area contributed by atoms with E-state index in [0.717, 1.165) is 11.4 Å². The maximum absolute atomic E-state index is 12.4. The summed E-state index contributed by atoms with van der Waals surface area (Å²) in [6.45, 7) is 2.53. The van der Waals surface area contributed by atoms with Crippen molar-refractivity contribution in [1.82, 2.24) is 10.2 Å². The van der Waals surface area contributed by atoms with Crippen molar-refractivity contribution < 1.29 is 19.1 Å². The number of benzene rings is 2. The van der Waals surface area contributed by atoms with Gasteiger partial charge in [-0.15, -0.1) is 10.2 Å². The number of carbonyl (C=O) groups is 2. The van der Waals surface area contributed by atoms with Gasteiger partial charge in [0.2, 0.25) is 0 Å². The van der Waals surface area contributed by atoms with E-state index in [1.807, 2.05) is 31.2 Å². The Bertz CT molecular complexity index is 988. The van der Waals surface area contributed by atoms with Gasteiger partial charge in [-0.3, -0.25) is 4.79 Å². The predicted molar refractivity (Wildman–Crippen MR) is 109 cm³/mol. The molecule has 8 heteroatoms. The standard InChI is InChI=1S/C21H20N4O4/c1-3-29-15-10-8-14(9-11-15)22-19-13-12-18(24-25-19)20(26)23-17-7-5-4-6-16(17)21(27)28-2/h4-13H,3H2,1-2H3,(H,22,25)(H,23,26). The molecule has 0 bridgehead atoms. The maximum atomic E-state index is 12.4. The number of ether oxygens (including phenoxy) is 2. The molecule has 2 N–H and O–H groups in total. The third-order valence-corrected chi connectivity index (χ3v) is 3.92. The average molecular weight is 392 g/mol. The molecule has 0 atom stereocenters. The summed E-state index contributed by atoms with van der Waals surface area (Å²) < 4.78 is 10.1. The van der Waals surface area contributed by atoms with Crippen molar-refractivity contribution in [2.24, 2.45) is 0 Å². The van der Waals surface area contributed by atoms with Crippen LogP contribution in [0, 0.1) is 0 Å². The Hall–Kier alpha value is -3.94. The summed E-state index contributed by atoms with van der Waals surface area (Å²) in [5, 5.41) is 13.7. The molecule has 2 aromatic carbocycles. The van der Waals surface area contributed by atoms with Crippen LogP contribution in [0.25, 0.3) is 0 Å². The average Bonchev–Trinajstić information content (AvgIpc) is 2.75. The number of hydrogen-bond donors (Lipinski definition) is 2. The van der Waals surface area contributed by atoms with Crippen molar-refractivity contribution in [2.75, 3.05) is 24.4 Å². The zero-order valence-corrected chi connectivity index (χ0v) is 16.0. The second kappa shape index (κ2) is 9.32. The van der Waals surface area contributed by atoms with Crippen LogP contribution in [0.4, 0.5) is 17.2 Å². The molecule has 8 nitrogen and oxygen atoms in total. The SMILES string of the molecule is CCOc1ccc(Nc2ccc(C(=O)Nc3ccccc3C(=O)OC)nn2)cc1. The number of carbonyl (C=O) groups excluding carboxylic acids is 2. The highest BCUT2D eigenvalue weighted by atomic mass is 16.5. The Kier molecular flexibility index (Phi) is 6.36. The Labute approximate surface area is 167 Å². The van der Waals surface area contributed by atoms with Crippen LogP contribution in [0.3, 0.4) is 0 Å². The largest absolute Gasteiger partial charge is 0.494 e. The third-order valence-electron chi connectivity index (χ3n) is 3.92. The van der Waals surface area contributed by atoms with Crippen LogP contribution in [-0.2, 0) is 4.74 Å². The molecule has 3 rings (SSSR count). The second-order valence-electron chi connectivity index (χ2n) is 5.88. The topological polar surface area (TPSA) is 102 Å². The molecule has 1 amide bonds. The number of hydrogen-bond acceptors (Lipinski definition) is 7. The first-order chi connectivity index (χ1) is 14.1. The minimum Gasteiger partial charge on any atom is -0.494 e. The number of esters is 1. The highest BCUT2D eigenvalue weighted by Gasteiger charge is 2.15. The quantitative estimate of drug-likeness (QED) is 0.592. The molecule has 0 aliphatic rings. The lowest BCUT2D eigenvalue weighted by molar-refractivity contribution is 0.0602. The normalized spacial score (nSPS) is 10.1. The first kappa shape index (κ1) is 19.8. The zero-order valence-electron chi connectivity index (χ0n) is 16.0. The summed E-state index contributed by atoms with van der Waals surface area (Å²) in [5.41, 5.74) is 1.52. The van der Waals surface area contributed by atoms with E-state index in [2.05, 4.69) is 20.8 Å². The van der Waals surface area contributed by atoms with Crippen LogP contribution in [-0.4, -0.2) is 35.8 Å². The van der Waals surface area contributed by atoms with Gasteiger partial charge in [0.05, 0.1) is 25.0 Å². The molecule has 0 radical (unpaired) electrons. The van der Waals surface area contributed by atoms with Crippen LogP contribution >= 0.6 is 0 Å². The molecule has 0 saturated carbocycles. The number of aromatic nitrogens is 2. The van der Waals surface area contributed by atoms with Gasteiger partial charge in [0, 0.05) is 5.69 Å². The van der Waals surface area contributed by atoms with Gasteiger partial charge in [-0.2, -0.15) is 0 Å². The Morgan fingerprint density at radius 1 is 0.966 bits per heavy atom. The monoisotopic (exact) mass is 392 g/mol. The van der Waals surface area contributed by atoms with Crippen LogP contribution < -0.4 is 15.4 Å². The molecule has 0 saturated heterocycles. The summed E-state index contributed by atoms with van der Waals surface area (Å²) in [4.78, 5) is 24.3. The van der Waals surface area contributed by atoms with E-state index in [1.165, 1.54) is 7.11 Å². The molecule has 0 aliphatic carbocycles. The fraction of sp³-hybridized carbons (Fsp3) is 0.143. The van der Waals surface area contributed by atoms with Gasteiger partial charge in [-0.05, 0) is 55.5 Å². The fourth-order valence-electron chi connectivity index (χ4n) is 2.54. The van der Waals surface area contributed by atoms with Crippen LogP contribution in [0.1, 0.15) is 27.8 Å². The molecule has 148 valence electrons. The van der Waals surface area contributed by atoms with Gasteiger partial charge in [-0.1, -0.05) is 12.1 Å². The molecular formula is C21H20N4O4. The molecule has 0 spiro atoms. The Balaban J connectivity index is 1.67. The molecule has 1 heterocycles. The van der Waals surface area contributed by atoms with Crippen LogP contribution in [0.2, 0.25) is 0 Å². The number of methoxy groups -OCH3 is 1. The third kappa shape index (κ3) is 5.07. The summed E-state index contributed by atoms with van der Waals surface area (Å²) in [7, 11) is 1.28. The zero-order chi connectivity index (χ0) is 20.6. The van der Waals surface area contributed by atoms with Crippen molar-refractivity contribution in [3.8, 4) is 5.75 Å². The lowest BCUT2D eigenvalue weighted by Gasteiger charge is -2.10. The van der Waals surface area contributed by atoms with Crippen LogP contribution in [0.5, 0.6) is 5.75 Å². The lowest BCUT2D eigenvalue weighted by atomic mass is 10.1. The maximum Gasteiger partial charge on any atom is 0.339 e. The fourth-order valence-corrected chi connectivity index (χ4v) is 2.54. The van der Waals surface area contributed by atoms with Gasteiger partial charge in [-0.25, -0.2) is 4.79 Å². The van der Waals surface area contributed by atoms with Crippen molar-refractivity contribution in [1.29, 1.82) is 0 Å². The minimum atomic E-state index is -0.540. The summed E-state index contributed by atoms with van der Waals surface area (Å²) in [6.07, 6.45) is 0. The summed E-state index contributed by atoms with van der Waals surface area (Å²) >= 11 is 0. The molecular weight excluding hydrogens is 372 g/mol. The lowest BCUT2D eigenvalue weighted by Crippen LogP contribution is -2.17. The number of para-hydroxylation sites is 1. The van der Waals surface area contributed by atoms with Gasteiger partial charge >= 0.3 is 5.97 Å². The van der Waals surface area contributed by atoms with E-state index in [1.54, 1.807) is 36.4 Å². The molecule has 29 heavy (non-hydrogen) atoms. The van der Waals surface area contributed by atoms with Gasteiger partial charge in [0.25, 0.3) is 5.91 Å². The number of nitrogens with zero attached hydrogens (tertiary/aromatic N) is 2. The van der Waals surface area contributed by atoms with E-state index >= 15 is 0 Å². The predicted octanol–water partition coefficient (Wildman–Crippen LogP) is 3.66. The minimum absolute atomic E-state index is 0.113. The van der Waals surface area contributed by atoms with Gasteiger partial charge in [0.1, 0.15) is 5.75 Å². The second-order valence-corrected chi connectivity index (χ2v) is 5.88. The molecule has 0 unspecified atom stereocenters. The van der Waals surface area contributed by atoms with E-state index in [9.17, 15) is 9.59 Å². The first-order valence-corrected chi connectivity index (χ1v) is 8.93. The first-order valence-electron chi connectivity index (χ1n) is 8.93. The van der Waals surface area contributed by atoms with E-state index in [-0.39, 0.29) is 11.3 Å². The highest BCUT2D eigenvalue weighted by Crippen LogP contribution is 2.19. The Morgan fingerprint density at radius 3 is 2.38 bits per heavy atom. The molecule has 3 aromatic rings. The summed E-state index contributed by atoms with van der Waals surface area (Å²) in [5.74, 6) is 0.243. The highest BCUT2D eigenvalue weighted by molar-refractivity contribution is 6.07. The number of nitrogens with one attached hydrogen (secondary N) is 2. The van der Waals surface area contributed by atoms with E-state index in [0.29, 0.717) is 18.1 Å². The van der Waals surface area contributed by atoms with Crippen molar-refractivity contribution in [2.45, 2.75) is 6.92 Å². The number of amides is 1. The molecule has 1 aromatic heterocycles. The van der Waals surface area contributed by atoms with Gasteiger partial charge in [0.15, 0.2) is 11.5 Å². The summed E-state index contributed by atoms with van der Waals surface area (Å²) in [6, 6.07) is 17.2. The van der Waals surface area contributed by atoms with Gasteiger partial charge < -0.3 is 20.1 Å². The number of anilines is 3. The van der Waals surface area contributed by atoms with E-state index < -0.39 is 11.9 Å². The number of rotatable bonds is 7. The molecule has 0 aliphatic heterocycles. The van der Waals surface area contributed by atoms with Crippen molar-refractivity contribution >= 4 is 29.1 Å². The Morgan fingerprint density at radius 2 is 1.72 bits per heavy atom. The van der Waals surface area contributed by atoms with Crippen LogP contribution in [0.15, 0.2) is 60.7 Å². The molecule has 0 fully saturated rings. The van der Waals surface area contributed by atoms with Crippen molar-refractivity contribution in [3.63, 3.8) is 0 Å². The smallest absolute Gasteiger partial charge is 0.339 e. The van der Waals surface area contributed by atoms with E-state index in [4.69, 9.17) is 9.47 Å². The van der Waals surface area contributed by atoms with Crippen molar-refractivity contribution in [3.05, 3.63) is 71.9 Å².